The molecular weight excluding hydrogens is 239 g/mol. The van der Waals surface area contributed by atoms with Gasteiger partial charge in [-0.1, -0.05) is 12.1 Å². The van der Waals surface area contributed by atoms with E-state index in [9.17, 15) is 4.39 Å². The van der Waals surface area contributed by atoms with Crippen LogP contribution in [0, 0.1) is 12.7 Å². The zero-order valence-electron chi connectivity index (χ0n) is 10.9. The van der Waals surface area contributed by atoms with Crippen LogP contribution in [0.3, 0.4) is 0 Å². The van der Waals surface area contributed by atoms with Crippen molar-refractivity contribution in [1.82, 2.24) is 0 Å². The van der Waals surface area contributed by atoms with Crippen LogP contribution in [0.4, 0.5) is 15.8 Å². The summed E-state index contributed by atoms with van der Waals surface area (Å²) in [7, 11) is 0. The van der Waals surface area contributed by atoms with Gasteiger partial charge in [0.1, 0.15) is 5.82 Å². The Bertz CT molecular complexity index is 622. The third kappa shape index (κ3) is 2.28. The van der Waals surface area contributed by atoms with Crippen LogP contribution in [-0.2, 0) is 6.42 Å². The Morgan fingerprint density at radius 3 is 2.89 bits per heavy atom. The number of nitrogens with two attached hydrogens (primary N) is 1. The van der Waals surface area contributed by atoms with Crippen LogP contribution in [0.15, 0.2) is 36.4 Å². The molecule has 0 saturated heterocycles. The summed E-state index contributed by atoms with van der Waals surface area (Å²) in [5.41, 5.74) is 11.1. The Kier molecular flexibility index (Phi) is 2.90. The van der Waals surface area contributed by atoms with Gasteiger partial charge >= 0.3 is 0 Å². The van der Waals surface area contributed by atoms with E-state index in [1.807, 2.05) is 19.1 Å². The number of hydrogen-bond acceptors (Lipinski definition) is 2. The van der Waals surface area contributed by atoms with E-state index in [2.05, 4.69) is 11.4 Å². The lowest BCUT2D eigenvalue weighted by atomic mass is 10.1. The van der Waals surface area contributed by atoms with Crippen LogP contribution in [0.25, 0.3) is 0 Å². The largest absolute Gasteiger partial charge is 0.399 e. The van der Waals surface area contributed by atoms with E-state index in [4.69, 9.17) is 5.73 Å². The van der Waals surface area contributed by atoms with E-state index in [1.165, 1.54) is 17.2 Å². The Morgan fingerprint density at radius 1 is 1.21 bits per heavy atom. The molecule has 0 fully saturated rings. The Morgan fingerprint density at radius 2 is 2.05 bits per heavy atom. The van der Waals surface area contributed by atoms with Gasteiger partial charge in [0.25, 0.3) is 0 Å². The second kappa shape index (κ2) is 4.57. The molecule has 98 valence electrons. The van der Waals surface area contributed by atoms with E-state index >= 15 is 0 Å². The molecule has 0 spiro atoms. The highest BCUT2D eigenvalue weighted by Crippen LogP contribution is 2.35. The molecule has 19 heavy (non-hydrogen) atoms. The maximum absolute atomic E-state index is 13.3. The van der Waals surface area contributed by atoms with Gasteiger partial charge in [-0.15, -0.1) is 0 Å². The molecular formula is C16H17FN2. The molecule has 3 rings (SSSR count). The number of benzene rings is 2. The summed E-state index contributed by atoms with van der Waals surface area (Å²) < 4.78 is 13.3. The molecule has 1 aliphatic carbocycles. The van der Waals surface area contributed by atoms with Crippen molar-refractivity contribution in [2.45, 2.75) is 25.8 Å². The van der Waals surface area contributed by atoms with Gasteiger partial charge in [0.15, 0.2) is 0 Å². The maximum atomic E-state index is 13.3. The zero-order chi connectivity index (χ0) is 13.4. The molecule has 2 aromatic carbocycles. The molecule has 2 nitrogen and oxygen atoms in total. The molecule has 3 heteroatoms. The average molecular weight is 256 g/mol. The maximum Gasteiger partial charge on any atom is 0.125 e. The number of rotatable bonds is 2. The van der Waals surface area contributed by atoms with Crippen molar-refractivity contribution in [1.29, 1.82) is 0 Å². The van der Waals surface area contributed by atoms with Crippen molar-refractivity contribution in [2.24, 2.45) is 0 Å². The van der Waals surface area contributed by atoms with Gasteiger partial charge in [-0.25, -0.2) is 4.39 Å². The van der Waals surface area contributed by atoms with Crippen molar-refractivity contribution < 1.29 is 4.39 Å². The minimum absolute atomic E-state index is 0.205. The van der Waals surface area contributed by atoms with Gasteiger partial charge in [0.2, 0.25) is 0 Å². The number of nitrogens with one attached hydrogen (secondary N) is 1. The van der Waals surface area contributed by atoms with Gasteiger partial charge < -0.3 is 11.1 Å². The summed E-state index contributed by atoms with van der Waals surface area (Å²) in [6.45, 7) is 1.99. The lowest BCUT2D eigenvalue weighted by Crippen LogP contribution is -2.08. The van der Waals surface area contributed by atoms with Crippen LogP contribution < -0.4 is 11.1 Å². The van der Waals surface area contributed by atoms with Crippen LogP contribution in [0.5, 0.6) is 0 Å². The van der Waals surface area contributed by atoms with Crippen molar-refractivity contribution >= 4 is 11.4 Å². The second-order valence-corrected chi connectivity index (χ2v) is 5.15. The van der Waals surface area contributed by atoms with Crippen LogP contribution in [-0.4, -0.2) is 0 Å². The number of anilines is 2. The number of nitrogen functional groups attached to an aromatic ring is 1. The van der Waals surface area contributed by atoms with Gasteiger partial charge in [0.05, 0.1) is 6.04 Å². The molecule has 0 saturated carbocycles. The van der Waals surface area contributed by atoms with Crippen molar-refractivity contribution in [3.8, 4) is 0 Å². The smallest absolute Gasteiger partial charge is 0.125 e. The van der Waals surface area contributed by atoms with Crippen LogP contribution in [0.2, 0.25) is 0 Å². The predicted molar refractivity (Wildman–Crippen MR) is 76.7 cm³/mol. The fourth-order valence-electron chi connectivity index (χ4n) is 2.72. The molecule has 1 atom stereocenters. The van der Waals surface area contributed by atoms with Crippen molar-refractivity contribution in [3.05, 3.63) is 58.9 Å². The summed E-state index contributed by atoms with van der Waals surface area (Å²) in [4.78, 5) is 0. The third-order valence-corrected chi connectivity index (χ3v) is 3.77. The highest BCUT2D eigenvalue weighted by atomic mass is 19.1. The normalized spacial score (nSPS) is 17.3. The first-order chi connectivity index (χ1) is 9.13. The summed E-state index contributed by atoms with van der Waals surface area (Å²) in [5.74, 6) is -0.205. The van der Waals surface area contributed by atoms with Crippen LogP contribution in [0.1, 0.15) is 29.2 Å². The van der Waals surface area contributed by atoms with Gasteiger partial charge in [-0.3, -0.25) is 0 Å². The van der Waals surface area contributed by atoms with Crippen molar-refractivity contribution in [3.63, 3.8) is 0 Å². The third-order valence-electron chi connectivity index (χ3n) is 3.77. The first kappa shape index (κ1) is 12.0. The number of hydrogen-bond donors (Lipinski definition) is 2. The predicted octanol–water partition coefficient (Wildman–Crippen LogP) is 3.82. The Labute approximate surface area is 112 Å². The lowest BCUT2D eigenvalue weighted by molar-refractivity contribution is 0.627. The molecule has 0 bridgehead atoms. The topological polar surface area (TPSA) is 38.0 Å². The quantitative estimate of drug-likeness (QED) is 0.802. The van der Waals surface area contributed by atoms with Gasteiger partial charge in [0, 0.05) is 11.4 Å². The molecule has 2 aromatic rings. The minimum atomic E-state index is -0.205. The average Bonchev–Trinajstić information content (AvgIpc) is 2.76. The standard InChI is InChI=1S/C16H17FN2/c1-10-2-4-12(17)9-16(10)19-15-7-3-11-8-13(18)5-6-14(11)15/h2,4-6,8-9,15,19H,3,7,18H2,1H3. The molecule has 0 heterocycles. The molecule has 0 aliphatic heterocycles. The fourth-order valence-corrected chi connectivity index (χ4v) is 2.72. The van der Waals surface area contributed by atoms with E-state index in [0.717, 1.165) is 29.8 Å². The molecule has 1 unspecified atom stereocenters. The monoisotopic (exact) mass is 256 g/mol. The van der Waals surface area contributed by atoms with E-state index in [0.29, 0.717) is 0 Å². The number of aryl methyl sites for hydroxylation is 2. The van der Waals surface area contributed by atoms with Gasteiger partial charge in [-0.2, -0.15) is 0 Å². The highest BCUT2D eigenvalue weighted by molar-refractivity contribution is 5.55. The molecule has 1 aliphatic rings. The fraction of sp³-hybridized carbons (Fsp3) is 0.250. The summed E-state index contributed by atoms with van der Waals surface area (Å²) in [5, 5.41) is 3.44. The second-order valence-electron chi connectivity index (χ2n) is 5.15. The highest BCUT2D eigenvalue weighted by Gasteiger charge is 2.22. The number of fused-ring (bicyclic) bond motifs is 1. The van der Waals surface area contributed by atoms with E-state index < -0.39 is 0 Å². The van der Waals surface area contributed by atoms with Gasteiger partial charge in [-0.05, 0) is 60.7 Å². The van der Waals surface area contributed by atoms with Crippen LogP contribution >= 0.6 is 0 Å². The van der Waals surface area contributed by atoms with E-state index in [-0.39, 0.29) is 11.9 Å². The zero-order valence-corrected chi connectivity index (χ0v) is 10.9. The SMILES string of the molecule is Cc1ccc(F)cc1NC1CCc2cc(N)ccc21. The molecule has 0 aromatic heterocycles. The number of halogens is 1. The first-order valence-corrected chi connectivity index (χ1v) is 6.54. The summed E-state index contributed by atoms with van der Waals surface area (Å²) >= 11 is 0. The Balaban J connectivity index is 1.88. The Hall–Kier alpha value is -2.03. The molecule has 0 amide bonds. The lowest BCUT2D eigenvalue weighted by Gasteiger charge is -2.17. The molecule has 3 N–H and O–H groups in total. The minimum Gasteiger partial charge on any atom is -0.399 e. The first-order valence-electron chi connectivity index (χ1n) is 6.54. The summed E-state index contributed by atoms with van der Waals surface area (Å²) in [6.07, 6.45) is 2.04. The summed E-state index contributed by atoms with van der Waals surface area (Å²) in [6, 6.07) is 11.1. The van der Waals surface area contributed by atoms with E-state index in [1.54, 1.807) is 12.1 Å². The molecule has 0 radical (unpaired) electrons. The van der Waals surface area contributed by atoms with Crippen molar-refractivity contribution in [2.75, 3.05) is 11.1 Å².